The third-order valence-corrected chi connectivity index (χ3v) is 4.26. The SMILES string of the molecule is NC1CCCC1CN1CCSCC1. The Morgan fingerprint density at radius 3 is 2.62 bits per heavy atom. The first-order chi connectivity index (χ1) is 6.36. The smallest absolute Gasteiger partial charge is 0.00793 e. The minimum absolute atomic E-state index is 0.495. The van der Waals surface area contributed by atoms with Gasteiger partial charge in [0.25, 0.3) is 0 Å². The molecule has 13 heavy (non-hydrogen) atoms. The predicted molar refractivity (Wildman–Crippen MR) is 59.1 cm³/mol. The van der Waals surface area contributed by atoms with Crippen molar-refractivity contribution >= 4 is 11.8 Å². The van der Waals surface area contributed by atoms with Gasteiger partial charge in [-0.2, -0.15) is 11.8 Å². The van der Waals surface area contributed by atoms with E-state index in [0.717, 1.165) is 5.92 Å². The van der Waals surface area contributed by atoms with Crippen molar-refractivity contribution in [1.82, 2.24) is 4.90 Å². The van der Waals surface area contributed by atoms with Gasteiger partial charge >= 0.3 is 0 Å². The summed E-state index contributed by atoms with van der Waals surface area (Å²) in [6.45, 7) is 3.84. The second-order valence-corrected chi connectivity index (χ2v) is 5.49. The van der Waals surface area contributed by atoms with Crippen LogP contribution in [-0.4, -0.2) is 42.1 Å². The second kappa shape index (κ2) is 4.67. The standard InChI is InChI=1S/C10H20N2S/c11-10-3-1-2-9(10)8-12-4-6-13-7-5-12/h9-10H,1-8,11H2. The highest BCUT2D eigenvalue weighted by atomic mass is 32.2. The van der Waals surface area contributed by atoms with E-state index in [1.54, 1.807) is 0 Å². The molecule has 1 aliphatic heterocycles. The Morgan fingerprint density at radius 2 is 2.00 bits per heavy atom. The Kier molecular flexibility index (Phi) is 3.52. The van der Waals surface area contributed by atoms with E-state index in [9.17, 15) is 0 Å². The van der Waals surface area contributed by atoms with Gasteiger partial charge < -0.3 is 10.6 Å². The summed E-state index contributed by atoms with van der Waals surface area (Å²) in [4.78, 5) is 2.60. The molecule has 2 fully saturated rings. The maximum absolute atomic E-state index is 6.06. The number of rotatable bonds is 2. The van der Waals surface area contributed by atoms with Crippen molar-refractivity contribution in [1.29, 1.82) is 0 Å². The molecule has 0 aromatic rings. The normalized spacial score (nSPS) is 36.7. The summed E-state index contributed by atoms with van der Waals surface area (Å²) in [7, 11) is 0. The molecule has 76 valence electrons. The van der Waals surface area contributed by atoms with Gasteiger partial charge in [0.2, 0.25) is 0 Å². The minimum Gasteiger partial charge on any atom is -0.327 e. The molecule has 3 heteroatoms. The van der Waals surface area contributed by atoms with Crippen molar-refractivity contribution in [3.05, 3.63) is 0 Å². The largest absolute Gasteiger partial charge is 0.327 e. The number of hydrogen-bond acceptors (Lipinski definition) is 3. The third kappa shape index (κ3) is 2.61. The summed E-state index contributed by atoms with van der Waals surface area (Å²) >= 11 is 2.08. The number of hydrogen-bond donors (Lipinski definition) is 1. The van der Waals surface area contributed by atoms with E-state index in [1.807, 2.05) is 0 Å². The second-order valence-electron chi connectivity index (χ2n) is 4.27. The molecule has 0 spiro atoms. The first kappa shape index (κ1) is 9.81. The molecule has 2 atom stereocenters. The van der Waals surface area contributed by atoms with Crippen molar-refractivity contribution in [3.63, 3.8) is 0 Å². The molecule has 1 heterocycles. The van der Waals surface area contributed by atoms with E-state index in [4.69, 9.17) is 5.73 Å². The van der Waals surface area contributed by atoms with Crippen LogP contribution in [0.4, 0.5) is 0 Å². The molecule has 0 aromatic heterocycles. The van der Waals surface area contributed by atoms with Gasteiger partial charge in [-0.25, -0.2) is 0 Å². The van der Waals surface area contributed by atoms with Crippen LogP contribution < -0.4 is 5.73 Å². The fraction of sp³-hybridized carbons (Fsp3) is 1.00. The van der Waals surface area contributed by atoms with Crippen LogP contribution in [0.15, 0.2) is 0 Å². The van der Waals surface area contributed by atoms with Gasteiger partial charge in [0.05, 0.1) is 0 Å². The monoisotopic (exact) mass is 200 g/mol. The topological polar surface area (TPSA) is 29.3 Å². The summed E-state index contributed by atoms with van der Waals surface area (Å²) < 4.78 is 0. The van der Waals surface area contributed by atoms with E-state index < -0.39 is 0 Å². The maximum Gasteiger partial charge on any atom is 0.00793 e. The Morgan fingerprint density at radius 1 is 1.23 bits per heavy atom. The quantitative estimate of drug-likeness (QED) is 0.725. The fourth-order valence-corrected chi connectivity index (χ4v) is 3.39. The van der Waals surface area contributed by atoms with Crippen LogP contribution in [0.5, 0.6) is 0 Å². The van der Waals surface area contributed by atoms with Crippen LogP contribution in [-0.2, 0) is 0 Å². The average molecular weight is 200 g/mol. The summed E-state index contributed by atoms with van der Waals surface area (Å²) in [6.07, 6.45) is 3.98. The molecule has 0 bridgehead atoms. The van der Waals surface area contributed by atoms with Crippen LogP contribution in [0.2, 0.25) is 0 Å². The van der Waals surface area contributed by atoms with Gasteiger partial charge in [-0.15, -0.1) is 0 Å². The van der Waals surface area contributed by atoms with Crippen molar-refractivity contribution in [2.45, 2.75) is 25.3 Å². The summed E-state index contributed by atoms with van der Waals surface area (Å²) in [5, 5.41) is 0. The van der Waals surface area contributed by atoms with Crippen LogP contribution in [0, 0.1) is 5.92 Å². The van der Waals surface area contributed by atoms with Gasteiger partial charge in [0, 0.05) is 37.2 Å². The maximum atomic E-state index is 6.06. The number of nitrogens with zero attached hydrogens (tertiary/aromatic N) is 1. The predicted octanol–water partition coefficient (Wildman–Crippen LogP) is 1.16. The molecule has 1 saturated heterocycles. The molecule has 2 nitrogen and oxygen atoms in total. The highest BCUT2D eigenvalue weighted by Gasteiger charge is 2.26. The van der Waals surface area contributed by atoms with Crippen LogP contribution >= 0.6 is 11.8 Å². The highest BCUT2D eigenvalue weighted by molar-refractivity contribution is 7.99. The molecular weight excluding hydrogens is 180 g/mol. The Hall–Kier alpha value is 0.270. The van der Waals surface area contributed by atoms with E-state index in [-0.39, 0.29) is 0 Å². The van der Waals surface area contributed by atoms with Crippen LogP contribution in [0.3, 0.4) is 0 Å². The van der Waals surface area contributed by atoms with Gasteiger partial charge in [-0.1, -0.05) is 6.42 Å². The zero-order valence-corrected chi connectivity index (χ0v) is 9.06. The molecule has 2 aliphatic rings. The van der Waals surface area contributed by atoms with Crippen LogP contribution in [0.1, 0.15) is 19.3 Å². The van der Waals surface area contributed by atoms with E-state index in [0.29, 0.717) is 6.04 Å². The molecule has 2 N–H and O–H groups in total. The first-order valence-electron chi connectivity index (χ1n) is 5.42. The third-order valence-electron chi connectivity index (χ3n) is 3.31. The Balaban J connectivity index is 1.75. The molecule has 1 aliphatic carbocycles. The van der Waals surface area contributed by atoms with Gasteiger partial charge in [-0.05, 0) is 18.8 Å². The number of thioether (sulfide) groups is 1. The van der Waals surface area contributed by atoms with Crippen molar-refractivity contribution < 1.29 is 0 Å². The van der Waals surface area contributed by atoms with Crippen molar-refractivity contribution in [3.8, 4) is 0 Å². The van der Waals surface area contributed by atoms with Crippen molar-refractivity contribution in [2.24, 2.45) is 11.7 Å². The zero-order valence-electron chi connectivity index (χ0n) is 8.24. The molecule has 2 unspecified atom stereocenters. The van der Waals surface area contributed by atoms with Crippen LogP contribution in [0.25, 0.3) is 0 Å². The van der Waals surface area contributed by atoms with E-state index in [2.05, 4.69) is 16.7 Å². The average Bonchev–Trinajstić information content (AvgIpc) is 2.54. The summed E-state index contributed by atoms with van der Waals surface area (Å²) in [5.74, 6) is 3.44. The van der Waals surface area contributed by atoms with Gasteiger partial charge in [0.1, 0.15) is 0 Å². The highest BCUT2D eigenvalue weighted by Crippen LogP contribution is 2.25. The molecule has 0 radical (unpaired) electrons. The molecule has 0 amide bonds. The first-order valence-corrected chi connectivity index (χ1v) is 6.57. The lowest BCUT2D eigenvalue weighted by Crippen LogP contribution is -2.40. The lowest BCUT2D eigenvalue weighted by Gasteiger charge is -2.30. The van der Waals surface area contributed by atoms with Gasteiger partial charge in [0.15, 0.2) is 0 Å². The minimum atomic E-state index is 0.495. The zero-order chi connectivity index (χ0) is 9.10. The molecule has 2 rings (SSSR count). The molecule has 0 aromatic carbocycles. The fourth-order valence-electron chi connectivity index (χ4n) is 2.41. The summed E-state index contributed by atoms with van der Waals surface area (Å²) in [6, 6.07) is 0.495. The van der Waals surface area contributed by atoms with E-state index in [1.165, 1.54) is 50.4 Å². The molecular formula is C10H20N2S. The van der Waals surface area contributed by atoms with E-state index >= 15 is 0 Å². The number of nitrogens with two attached hydrogens (primary N) is 1. The molecule has 1 saturated carbocycles. The van der Waals surface area contributed by atoms with Gasteiger partial charge in [-0.3, -0.25) is 0 Å². The Labute approximate surface area is 85.2 Å². The lowest BCUT2D eigenvalue weighted by atomic mass is 10.0. The van der Waals surface area contributed by atoms with Crippen molar-refractivity contribution in [2.75, 3.05) is 31.1 Å². The lowest BCUT2D eigenvalue weighted by molar-refractivity contribution is 0.243. The summed E-state index contributed by atoms with van der Waals surface area (Å²) in [5.41, 5.74) is 6.06. The Bertz CT molecular complexity index is 157.